The van der Waals surface area contributed by atoms with Gasteiger partial charge in [-0.2, -0.15) is 0 Å². The molecular formula is C13H15Cl2NO5S. The van der Waals surface area contributed by atoms with Gasteiger partial charge in [0.05, 0.1) is 21.8 Å². The van der Waals surface area contributed by atoms with E-state index < -0.39 is 34.6 Å². The second-order valence-corrected chi connectivity index (χ2v) is 6.87. The molecule has 0 heterocycles. The van der Waals surface area contributed by atoms with E-state index in [4.69, 9.17) is 33.0 Å². The van der Waals surface area contributed by atoms with Crippen LogP contribution in [0.4, 0.5) is 5.69 Å². The van der Waals surface area contributed by atoms with E-state index in [1.54, 1.807) is 0 Å². The average Bonchev–Trinajstić information content (AvgIpc) is 2.33. The molecule has 22 heavy (non-hydrogen) atoms. The monoisotopic (exact) mass is 367 g/mol. The Hall–Kier alpha value is -1.15. The van der Waals surface area contributed by atoms with E-state index in [-0.39, 0.29) is 16.8 Å². The summed E-state index contributed by atoms with van der Waals surface area (Å²) in [5.41, 5.74) is 0.249. The molecule has 0 fully saturated rings. The Morgan fingerprint density at radius 2 is 1.95 bits per heavy atom. The van der Waals surface area contributed by atoms with Crippen molar-refractivity contribution in [3.05, 3.63) is 22.2 Å². The molecule has 9 heteroatoms. The maximum atomic E-state index is 11.7. The number of hydrogen-bond donors (Lipinski definition) is 2. The number of carbonyl (C=O) groups excluding carboxylic acids is 1. The smallest absolute Gasteiger partial charge is 0.353 e. The number of carboxylic acids is 1. The molecule has 122 valence electrons. The molecule has 1 aromatic carbocycles. The minimum atomic E-state index is -1.79. The number of anilines is 1. The van der Waals surface area contributed by atoms with Gasteiger partial charge in [0, 0.05) is 6.07 Å². The zero-order valence-electron chi connectivity index (χ0n) is 11.9. The Morgan fingerprint density at radius 3 is 2.50 bits per heavy atom. The van der Waals surface area contributed by atoms with Gasteiger partial charge < -0.3 is 19.7 Å². The molecule has 0 saturated heterocycles. The summed E-state index contributed by atoms with van der Waals surface area (Å²) in [5.74, 6) is -2.53. The third-order valence-corrected chi connectivity index (χ3v) is 4.00. The zero-order chi connectivity index (χ0) is 16.9. The van der Waals surface area contributed by atoms with Gasteiger partial charge in [-0.05, 0) is 31.1 Å². The van der Waals surface area contributed by atoms with Crippen LogP contribution in [0.25, 0.3) is 0 Å². The fourth-order valence-electron chi connectivity index (χ4n) is 1.49. The third-order valence-electron chi connectivity index (χ3n) is 2.23. The topological polar surface area (TPSA) is 98.7 Å². The van der Waals surface area contributed by atoms with Crippen LogP contribution in [-0.2, 0) is 20.8 Å². The maximum Gasteiger partial charge on any atom is 0.353 e. The summed E-state index contributed by atoms with van der Waals surface area (Å²) < 4.78 is 16.9. The quantitative estimate of drug-likeness (QED) is 0.721. The Morgan fingerprint density at radius 1 is 1.32 bits per heavy atom. The fraction of sp³-hybridized carbons (Fsp3) is 0.385. The van der Waals surface area contributed by atoms with Crippen molar-refractivity contribution in [2.75, 3.05) is 16.8 Å². The van der Waals surface area contributed by atoms with Gasteiger partial charge in [0.15, 0.2) is 5.75 Å². The van der Waals surface area contributed by atoms with Crippen LogP contribution in [0.2, 0.25) is 10.0 Å². The molecule has 1 unspecified atom stereocenters. The first-order valence-electron chi connectivity index (χ1n) is 6.21. The second-order valence-electron chi connectivity index (χ2n) is 4.60. The van der Waals surface area contributed by atoms with Gasteiger partial charge in [-0.1, -0.05) is 23.2 Å². The van der Waals surface area contributed by atoms with Crippen LogP contribution in [0.1, 0.15) is 13.8 Å². The second kappa shape index (κ2) is 8.47. The lowest BCUT2D eigenvalue weighted by atomic mass is 10.3. The average molecular weight is 368 g/mol. The predicted molar refractivity (Wildman–Crippen MR) is 86.4 cm³/mol. The van der Waals surface area contributed by atoms with Crippen molar-refractivity contribution in [1.82, 2.24) is 0 Å². The summed E-state index contributed by atoms with van der Waals surface area (Å²) in [6.07, 6.45) is -0.120. The third kappa shape index (κ3) is 6.31. The number of nitrogens with one attached hydrogen (secondary N) is 1. The number of amides is 1. The first-order valence-corrected chi connectivity index (χ1v) is 8.45. The molecule has 0 saturated carbocycles. The van der Waals surface area contributed by atoms with Crippen molar-refractivity contribution >= 4 is 51.9 Å². The molecule has 1 amide bonds. The number of ether oxygens (including phenoxy) is 1. The number of halogens is 2. The molecule has 2 N–H and O–H groups in total. The Balaban J connectivity index is 2.79. The molecule has 0 aliphatic rings. The van der Waals surface area contributed by atoms with Gasteiger partial charge in [0.1, 0.15) is 5.75 Å². The number of carboxylic acid groups (broad SMARTS) is 1. The van der Waals surface area contributed by atoms with Crippen molar-refractivity contribution in [3.63, 3.8) is 0 Å². The molecule has 0 bridgehead atoms. The van der Waals surface area contributed by atoms with Crippen molar-refractivity contribution in [2.45, 2.75) is 20.0 Å². The molecule has 1 rings (SSSR count). The van der Waals surface area contributed by atoms with Crippen molar-refractivity contribution in [2.24, 2.45) is 0 Å². The van der Waals surface area contributed by atoms with E-state index in [2.05, 4.69) is 5.32 Å². The van der Waals surface area contributed by atoms with E-state index in [1.165, 1.54) is 12.1 Å². The highest BCUT2D eigenvalue weighted by molar-refractivity contribution is 7.92. The van der Waals surface area contributed by atoms with Gasteiger partial charge >= 0.3 is 5.97 Å². The summed E-state index contributed by atoms with van der Waals surface area (Å²) in [6, 6.07) is 2.88. The molecule has 1 atom stereocenters. The first kappa shape index (κ1) is 18.9. The van der Waals surface area contributed by atoms with Gasteiger partial charge in [-0.25, -0.2) is 4.79 Å². The lowest BCUT2D eigenvalue weighted by Crippen LogP contribution is -2.27. The van der Waals surface area contributed by atoms with Crippen molar-refractivity contribution in [3.8, 4) is 5.75 Å². The molecule has 0 aromatic heterocycles. The summed E-state index contributed by atoms with van der Waals surface area (Å²) in [7, 11) is 0. The summed E-state index contributed by atoms with van der Waals surface area (Å²) in [5, 5.41) is 11.5. The molecule has 0 spiro atoms. The lowest BCUT2D eigenvalue weighted by Gasteiger charge is -2.15. The van der Waals surface area contributed by atoms with Crippen molar-refractivity contribution in [1.29, 1.82) is 0 Å². The lowest BCUT2D eigenvalue weighted by molar-refractivity contribution is -0.134. The van der Waals surface area contributed by atoms with E-state index in [9.17, 15) is 14.1 Å². The highest BCUT2D eigenvalue weighted by Gasteiger charge is 2.19. The molecule has 6 nitrogen and oxygen atoms in total. The van der Waals surface area contributed by atoms with Crippen LogP contribution in [0.5, 0.6) is 5.75 Å². The van der Waals surface area contributed by atoms with E-state index in [1.807, 2.05) is 13.8 Å². The van der Waals surface area contributed by atoms with Crippen LogP contribution >= 0.6 is 23.2 Å². The Kier molecular flexibility index (Phi) is 7.28. The standard InChI is InChI=1S/C13H15Cl2NO5S/c1-7(2)21-11-4-10(8(14)3-9(11)15)16-12(17)5-22(20)6-13(18)19/h3-4,7H,5-6H2,1-2H3,(H,16,17)(H,18,19). The van der Waals surface area contributed by atoms with Gasteiger partial charge in [0.25, 0.3) is 5.91 Å². The summed E-state index contributed by atoms with van der Waals surface area (Å²) in [6.45, 7) is 3.64. The molecule has 0 aliphatic carbocycles. The molecule has 0 aliphatic heterocycles. The minimum absolute atomic E-state index is 0.120. The minimum Gasteiger partial charge on any atom is -0.616 e. The normalized spacial score (nSPS) is 12.1. The number of carbonyl (C=O) groups is 2. The Bertz CT molecular complexity index is 568. The number of benzene rings is 1. The van der Waals surface area contributed by atoms with Gasteiger partial charge in [-0.3, -0.25) is 4.79 Å². The summed E-state index contributed by atoms with van der Waals surface area (Å²) in [4.78, 5) is 22.2. The van der Waals surface area contributed by atoms with Crippen LogP contribution in [0.3, 0.4) is 0 Å². The number of rotatable bonds is 7. The molecular weight excluding hydrogens is 353 g/mol. The van der Waals surface area contributed by atoms with E-state index >= 15 is 0 Å². The molecule has 1 aromatic rings. The molecule has 0 radical (unpaired) electrons. The van der Waals surface area contributed by atoms with Crippen molar-refractivity contribution < 1.29 is 24.0 Å². The van der Waals surface area contributed by atoms with Crippen LogP contribution in [0.15, 0.2) is 12.1 Å². The maximum absolute atomic E-state index is 11.7. The predicted octanol–water partition coefficient (Wildman–Crippen LogP) is 2.55. The first-order chi connectivity index (χ1) is 10.2. The highest BCUT2D eigenvalue weighted by Crippen LogP contribution is 2.34. The zero-order valence-corrected chi connectivity index (χ0v) is 14.2. The fourth-order valence-corrected chi connectivity index (χ4v) is 2.71. The van der Waals surface area contributed by atoms with Gasteiger partial charge in [0.2, 0.25) is 5.75 Å². The van der Waals surface area contributed by atoms with E-state index in [0.29, 0.717) is 10.8 Å². The van der Waals surface area contributed by atoms with Crippen LogP contribution in [0, 0.1) is 0 Å². The number of hydrogen-bond acceptors (Lipinski definition) is 4. The van der Waals surface area contributed by atoms with Gasteiger partial charge in [-0.15, -0.1) is 0 Å². The Labute approximate surface area is 140 Å². The SMILES string of the molecule is CC(C)Oc1cc(NC(=O)C[S+]([O-])CC(=O)O)c(Cl)cc1Cl. The van der Waals surface area contributed by atoms with E-state index in [0.717, 1.165) is 0 Å². The highest BCUT2D eigenvalue weighted by atomic mass is 35.5. The number of aliphatic carboxylic acids is 1. The largest absolute Gasteiger partial charge is 0.616 e. The van der Waals surface area contributed by atoms with Crippen LogP contribution in [-0.4, -0.2) is 39.1 Å². The summed E-state index contributed by atoms with van der Waals surface area (Å²) >= 11 is 10.2. The van der Waals surface area contributed by atoms with Crippen LogP contribution < -0.4 is 10.1 Å².